The number of nitrogen functional groups attached to an aromatic ring is 1. The minimum Gasteiger partial charge on any atom is -0.375 e. The number of aromatic nitrogens is 1. The molecule has 1 aromatic heterocycles. The average molecular weight is 253 g/mol. The van der Waals surface area contributed by atoms with E-state index in [1.807, 2.05) is 0 Å². The molecule has 1 aliphatic rings. The number of thiazole rings is 1. The molecule has 3 nitrogen and oxygen atoms in total. The number of hydrogen-bond donors (Lipinski definition) is 1. The number of nitrogens with two attached hydrogens (primary N) is 1. The zero-order chi connectivity index (χ0) is 12.6. The van der Waals surface area contributed by atoms with E-state index < -0.39 is 0 Å². The van der Waals surface area contributed by atoms with Crippen molar-refractivity contribution < 1.29 is 0 Å². The van der Waals surface area contributed by atoms with Gasteiger partial charge in [0.25, 0.3) is 0 Å². The van der Waals surface area contributed by atoms with Crippen LogP contribution >= 0.6 is 11.3 Å². The fourth-order valence-corrected chi connectivity index (χ4v) is 4.02. The summed E-state index contributed by atoms with van der Waals surface area (Å²) in [4.78, 5) is 8.44. The van der Waals surface area contributed by atoms with Crippen LogP contribution in [0.2, 0.25) is 0 Å². The molecule has 0 aliphatic heterocycles. The van der Waals surface area contributed by atoms with E-state index >= 15 is 0 Å². The molecule has 0 radical (unpaired) electrons. The van der Waals surface area contributed by atoms with Gasteiger partial charge in [-0.2, -0.15) is 0 Å². The molecule has 1 unspecified atom stereocenters. The van der Waals surface area contributed by atoms with Crippen molar-refractivity contribution in [2.75, 3.05) is 5.73 Å². The van der Waals surface area contributed by atoms with Crippen LogP contribution in [0.5, 0.6) is 0 Å². The minimum atomic E-state index is 0.604. The van der Waals surface area contributed by atoms with Gasteiger partial charge in [-0.1, -0.05) is 0 Å². The van der Waals surface area contributed by atoms with Gasteiger partial charge in [0.05, 0.1) is 5.69 Å². The Kier molecular flexibility index (Phi) is 3.73. The summed E-state index contributed by atoms with van der Waals surface area (Å²) in [6.45, 7) is 9.15. The molecule has 2 rings (SSSR count). The van der Waals surface area contributed by atoms with Crippen molar-refractivity contribution in [1.82, 2.24) is 9.88 Å². The van der Waals surface area contributed by atoms with Crippen molar-refractivity contribution >= 4 is 16.5 Å². The fraction of sp³-hybridized carbons (Fsp3) is 0.769. The molecule has 0 bridgehead atoms. The van der Waals surface area contributed by atoms with Crippen LogP contribution in [-0.2, 0) is 12.8 Å². The number of rotatable bonds is 3. The Morgan fingerprint density at radius 3 is 2.53 bits per heavy atom. The summed E-state index contributed by atoms with van der Waals surface area (Å²) in [6.07, 6.45) is 3.43. The molecular formula is C13H23N3S. The van der Waals surface area contributed by atoms with Crippen LogP contribution in [0, 0.1) is 0 Å². The zero-order valence-electron chi connectivity index (χ0n) is 11.2. The summed E-state index contributed by atoms with van der Waals surface area (Å²) < 4.78 is 0. The molecule has 1 heterocycles. The van der Waals surface area contributed by atoms with Gasteiger partial charge in [0.1, 0.15) is 0 Å². The monoisotopic (exact) mass is 253 g/mol. The van der Waals surface area contributed by atoms with Gasteiger partial charge in [-0.25, -0.2) is 4.98 Å². The van der Waals surface area contributed by atoms with Gasteiger partial charge in [0.2, 0.25) is 0 Å². The maximum absolute atomic E-state index is 5.79. The largest absolute Gasteiger partial charge is 0.375 e. The Bertz CT molecular complexity index is 376. The molecule has 1 aromatic rings. The Labute approximate surface area is 108 Å². The van der Waals surface area contributed by atoms with Crippen LogP contribution in [0.1, 0.15) is 44.7 Å². The summed E-state index contributed by atoms with van der Waals surface area (Å²) in [6, 6.07) is 1.86. The highest BCUT2D eigenvalue weighted by molar-refractivity contribution is 7.15. The van der Waals surface area contributed by atoms with E-state index in [0.717, 1.165) is 18.0 Å². The van der Waals surface area contributed by atoms with Gasteiger partial charge in [-0.15, -0.1) is 11.3 Å². The lowest BCUT2D eigenvalue weighted by Gasteiger charge is -2.39. The van der Waals surface area contributed by atoms with E-state index in [9.17, 15) is 0 Å². The number of aryl methyl sites for hydroxylation is 1. The third-order valence-corrected chi connectivity index (χ3v) is 4.49. The van der Waals surface area contributed by atoms with Crippen molar-refractivity contribution in [1.29, 1.82) is 0 Å². The lowest BCUT2D eigenvalue weighted by molar-refractivity contribution is 0.102. The quantitative estimate of drug-likeness (QED) is 0.900. The van der Waals surface area contributed by atoms with Crippen molar-refractivity contribution in [2.24, 2.45) is 0 Å². The number of anilines is 1. The summed E-state index contributed by atoms with van der Waals surface area (Å²) >= 11 is 1.67. The molecule has 0 aromatic carbocycles. The second-order valence-corrected chi connectivity index (χ2v) is 6.57. The van der Waals surface area contributed by atoms with Crippen LogP contribution in [0.25, 0.3) is 0 Å². The summed E-state index contributed by atoms with van der Waals surface area (Å²) in [5.74, 6) is 0. The zero-order valence-corrected chi connectivity index (χ0v) is 12.0. The predicted octanol–water partition coefficient (Wildman–Crippen LogP) is 2.70. The first-order chi connectivity index (χ1) is 7.99. The molecule has 1 aliphatic carbocycles. The van der Waals surface area contributed by atoms with Gasteiger partial charge in [0.15, 0.2) is 5.13 Å². The van der Waals surface area contributed by atoms with Gasteiger partial charge < -0.3 is 5.73 Å². The van der Waals surface area contributed by atoms with Crippen molar-refractivity contribution in [3.8, 4) is 0 Å². The van der Waals surface area contributed by atoms with Gasteiger partial charge in [-0.05, 0) is 47.0 Å². The average Bonchev–Trinajstić information content (AvgIpc) is 2.56. The van der Waals surface area contributed by atoms with Crippen molar-refractivity contribution in [3.05, 3.63) is 10.6 Å². The normalized spacial score (nSPS) is 20.3. The molecule has 4 heteroatoms. The highest BCUT2D eigenvalue weighted by Crippen LogP contribution is 2.31. The SMILES string of the molecule is CC(C)N(C(C)C)C1CCc2nc(N)sc2C1. The van der Waals surface area contributed by atoms with Crippen LogP contribution in [-0.4, -0.2) is 28.0 Å². The molecule has 1 atom stereocenters. The maximum Gasteiger partial charge on any atom is 0.180 e. The number of fused-ring (bicyclic) bond motifs is 1. The van der Waals surface area contributed by atoms with E-state index in [2.05, 4.69) is 37.6 Å². The fourth-order valence-electron chi connectivity index (χ4n) is 3.07. The maximum atomic E-state index is 5.79. The van der Waals surface area contributed by atoms with Gasteiger partial charge in [0, 0.05) is 23.0 Å². The Hall–Kier alpha value is -0.610. The first-order valence-electron chi connectivity index (χ1n) is 6.50. The highest BCUT2D eigenvalue weighted by Gasteiger charge is 2.29. The number of hydrogen-bond acceptors (Lipinski definition) is 4. The van der Waals surface area contributed by atoms with Crippen molar-refractivity contribution in [2.45, 2.75) is 65.1 Å². The molecule has 0 fully saturated rings. The van der Waals surface area contributed by atoms with Crippen LogP contribution in [0.3, 0.4) is 0 Å². The molecule has 96 valence electrons. The van der Waals surface area contributed by atoms with Crippen LogP contribution < -0.4 is 5.73 Å². The second kappa shape index (κ2) is 4.94. The van der Waals surface area contributed by atoms with E-state index in [0.29, 0.717) is 18.1 Å². The Morgan fingerprint density at radius 1 is 1.29 bits per heavy atom. The van der Waals surface area contributed by atoms with E-state index in [4.69, 9.17) is 5.73 Å². The third kappa shape index (κ3) is 2.63. The van der Waals surface area contributed by atoms with Crippen LogP contribution in [0.4, 0.5) is 5.13 Å². The summed E-state index contributed by atoms with van der Waals surface area (Å²) in [5.41, 5.74) is 7.04. The molecule has 0 spiro atoms. The molecule has 0 amide bonds. The van der Waals surface area contributed by atoms with E-state index in [1.54, 1.807) is 11.3 Å². The van der Waals surface area contributed by atoms with E-state index in [1.165, 1.54) is 17.0 Å². The number of nitrogens with zero attached hydrogens (tertiary/aromatic N) is 2. The third-order valence-electron chi connectivity index (χ3n) is 3.54. The standard InChI is InChI=1S/C13H23N3S/c1-8(2)16(9(3)4)10-5-6-11-12(7-10)17-13(14)15-11/h8-10H,5-7H2,1-4H3,(H2,14,15). The second-order valence-electron chi connectivity index (χ2n) is 5.45. The van der Waals surface area contributed by atoms with Crippen LogP contribution in [0.15, 0.2) is 0 Å². The van der Waals surface area contributed by atoms with Gasteiger partial charge >= 0.3 is 0 Å². The van der Waals surface area contributed by atoms with Gasteiger partial charge in [-0.3, -0.25) is 4.90 Å². The smallest absolute Gasteiger partial charge is 0.180 e. The molecule has 0 saturated heterocycles. The Balaban J connectivity index is 2.15. The highest BCUT2D eigenvalue weighted by atomic mass is 32.1. The molecular weight excluding hydrogens is 230 g/mol. The van der Waals surface area contributed by atoms with Crippen molar-refractivity contribution in [3.63, 3.8) is 0 Å². The Morgan fingerprint density at radius 2 is 1.94 bits per heavy atom. The lowest BCUT2D eigenvalue weighted by atomic mass is 9.94. The molecule has 2 N–H and O–H groups in total. The molecule has 0 saturated carbocycles. The topological polar surface area (TPSA) is 42.2 Å². The minimum absolute atomic E-state index is 0.604. The predicted molar refractivity (Wildman–Crippen MR) is 74.5 cm³/mol. The lowest BCUT2D eigenvalue weighted by Crippen LogP contribution is -2.47. The summed E-state index contributed by atoms with van der Waals surface area (Å²) in [7, 11) is 0. The first kappa shape index (κ1) is 12.8. The summed E-state index contributed by atoms with van der Waals surface area (Å²) in [5, 5.41) is 0.733. The first-order valence-corrected chi connectivity index (χ1v) is 7.32. The molecule has 17 heavy (non-hydrogen) atoms. The van der Waals surface area contributed by atoms with E-state index in [-0.39, 0.29) is 0 Å².